The number of aryl methyl sites for hydroxylation is 2. The van der Waals surface area contributed by atoms with Gasteiger partial charge < -0.3 is 29.9 Å². The molecule has 0 spiro atoms. The van der Waals surface area contributed by atoms with Gasteiger partial charge in [0, 0.05) is 30.8 Å². The average Bonchev–Trinajstić information content (AvgIpc) is 3.15. The zero-order valence-corrected chi connectivity index (χ0v) is 22.8. The molecule has 0 unspecified atom stereocenters. The number of ether oxygens (including phenoxy) is 1. The lowest BCUT2D eigenvalue weighted by atomic mass is 10.0. The van der Waals surface area contributed by atoms with Crippen molar-refractivity contribution in [1.29, 1.82) is 0 Å². The first-order chi connectivity index (χ1) is 17.3. The van der Waals surface area contributed by atoms with Crippen molar-refractivity contribution in [3.63, 3.8) is 0 Å². The number of likely N-dealkylation sites (N-methyl/N-ethyl adjacent to an activating group) is 1. The van der Waals surface area contributed by atoms with Crippen molar-refractivity contribution in [2.24, 2.45) is 5.92 Å². The number of rotatable bonds is 7. The molecule has 1 aliphatic heterocycles. The number of aromatic nitrogens is 1. The van der Waals surface area contributed by atoms with Crippen LogP contribution in [-0.4, -0.2) is 85.0 Å². The number of carbonyl (C=O) groups is 2. The Morgan fingerprint density at radius 2 is 2.03 bits per heavy atom. The molecular weight excluding hydrogens is 502 g/mol. The molecular formula is C24H35N5O7S. The molecule has 0 radical (unpaired) electrons. The van der Waals surface area contributed by atoms with Crippen molar-refractivity contribution in [1.82, 2.24) is 14.4 Å². The number of hydrogen-bond acceptors (Lipinski definition) is 8. The Hall–Kier alpha value is -3.16. The third kappa shape index (κ3) is 6.99. The summed E-state index contributed by atoms with van der Waals surface area (Å²) in [5.41, 5.74) is 1.97. The highest BCUT2D eigenvalue weighted by molar-refractivity contribution is 7.88. The van der Waals surface area contributed by atoms with Crippen molar-refractivity contribution in [2.45, 2.75) is 46.3 Å². The number of fused-ring (bicyclic) bond motifs is 1. The number of carbonyl (C=O) groups excluding carboxylic acids is 2. The summed E-state index contributed by atoms with van der Waals surface area (Å²) in [5, 5.41) is 19.0. The van der Waals surface area contributed by atoms with E-state index >= 15 is 0 Å². The lowest BCUT2D eigenvalue weighted by Gasteiger charge is -2.33. The molecule has 1 aliphatic rings. The molecule has 3 N–H and O–H groups in total. The van der Waals surface area contributed by atoms with Crippen LogP contribution in [0.2, 0.25) is 0 Å². The van der Waals surface area contributed by atoms with E-state index in [-0.39, 0.29) is 37.9 Å². The minimum atomic E-state index is -3.46. The van der Waals surface area contributed by atoms with Crippen molar-refractivity contribution < 1.29 is 32.4 Å². The number of sulfonamides is 1. The summed E-state index contributed by atoms with van der Waals surface area (Å²) in [4.78, 5) is 27.5. The van der Waals surface area contributed by atoms with Gasteiger partial charge in [0.15, 0.2) is 5.76 Å². The number of aliphatic hydroxyl groups is 1. The number of nitrogens with one attached hydrogen (secondary N) is 2. The van der Waals surface area contributed by atoms with E-state index in [2.05, 4.69) is 15.8 Å². The van der Waals surface area contributed by atoms with Gasteiger partial charge in [0.2, 0.25) is 15.9 Å². The molecule has 2 aromatic rings. The van der Waals surface area contributed by atoms with Gasteiger partial charge in [-0.25, -0.2) is 17.5 Å². The molecule has 2 heterocycles. The molecule has 3 rings (SSSR count). The summed E-state index contributed by atoms with van der Waals surface area (Å²) in [7, 11) is -1.98. The Morgan fingerprint density at radius 1 is 1.32 bits per heavy atom. The summed E-state index contributed by atoms with van der Waals surface area (Å²) in [6, 6.07) is 3.99. The van der Waals surface area contributed by atoms with Crippen LogP contribution in [0.4, 0.5) is 16.2 Å². The van der Waals surface area contributed by atoms with E-state index in [0.717, 1.165) is 6.26 Å². The number of aliphatic hydroxyl groups excluding tert-OH is 1. The highest BCUT2D eigenvalue weighted by atomic mass is 32.2. The smallest absolute Gasteiger partial charge is 0.323 e. The van der Waals surface area contributed by atoms with Crippen LogP contribution in [0.5, 0.6) is 5.75 Å². The van der Waals surface area contributed by atoms with E-state index in [1.54, 1.807) is 43.9 Å². The molecule has 3 atom stereocenters. The molecule has 0 aliphatic carbocycles. The lowest BCUT2D eigenvalue weighted by molar-refractivity contribution is -0.134. The Kier molecular flexibility index (Phi) is 8.82. The monoisotopic (exact) mass is 537 g/mol. The normalized spacial score (nSPS) is 19.4. The average molecular weight is 538 g/mol. The van der Waals surface area contributed by atoms with Crippen molar-refractivity contribution in [2.75, 3.05) is 43.6 Å². The first-order valence-corrected chi connectivity index (χ1v) is 13.8. The zero-order valence-electron chi connectivity index (χ0n) is 21.9. The van der Waals surface area contributed by atoms with Gasteiger partial charge in [-0.15, -0.1) is 0 Å². The molecule has 0 saturated carbocycles. The molecule has 13 heteroatoms. The SMILES string of the molecule is Cc1noc(C)c1NC(=O)Nc1ccc2c(c1)CC(=O)N([C@H](C)CO)C[C@H](C)[C@@H](CN(C)S(C)(=O)=O)O2. The van der Waals surface area contributed by atoms with Crippen molar-refractivity contribution in [3.8, 4) is 5.75 Å². The molecule has 0 bridgehead atoms. The highest BCUT2D eigenvalue weighted by Crippen LogP contribution is 2.29. The molecule has 0 fully saturated rings. The molecule has 12 nitrogen and oxygen atoms in total. The summed E-state index contributed by atoms with van der Waals surface area (Å²) in [6.45, 7) is 7.16. The Balaban J connectivity index is 1.91. The van der Waals surface area contributed by atoms with Crippen molar-refractivity contribution in [3.05, 3.63) is 35.2 Å². The molecule has 3 amide bonds. The third-order valence-electron chi connectivity index (χ3n) is 6.45. The standard InChI is InChI=1S/C24H35N5O7S/c1-14-11-29(15(2)13-30)22(31)10-18-9-19(25-24(32)26-23-16(3)27-36-17(23)4)7-8-20(18)35-21(14)12-28(5)37(6,33)34/h7-9,14-15,21,30H,10-13H2,1-6H3,(H2,25,26,32)/t14-,15+,21+/m0/s1. The predicted octanol–water partition coefficient (Wildman–Crippen LogP) is 1.98. The molecule has 204 valence electrons. The van der Waals surface area contributed by atoms with E-state index in [1.165, 1.54) is 11.4 Å². The van der Waals surface area contributed by atoms with Crippen LogP contribution in [0.15, 0.2) is 22.7 Å². The van der Waals surface area contributed by atoms with E-state index in [0.29, 0.717) is 34.1 Å². The predicted molar refractivity (Wildman–Crippen MR) is 138 cm³/mol. The van der Waals surface area contributed by atoms with Crippen LogP contribution >= 0.6 is 0 Å². The van der Waals surface area contributed by atoms with E-state index in [9.17, 15) is 23.1 Å². The van der Waals surface area contributed by atoms with Crippen LogP contribution < -0.4 is 15.4 Å². The summed E-state index contributed by atoms with van der Waals surface area (Å²) in [6.07, 6.45) is 0.525. The van der Waals surface area contributed by atoms with Gasteiger partial charge in [0.1, 0.15) is 23.2 Å². The van der Waals surface area contributed by atoms with Gasteiger partial charge >= 0.3 is 6.03 Å². The second-order valence-electron chi connectivity index (χ2n) is 9.53. The second kappa shape index (κ2) is 11.5. The van der Waals surface area contributed by atoms with Crippen LogP contribution in [0, 0.1) is 19.8 Å². The Bertz CT molecular complexity index is 1230. The fraction of sp³-hybridized carbons (Fsp3) is 0.542. The summed E-state index contributed by atoms with van der Waals surface area (Å²) in [5.74, 6) is 0.431. The van der Waals surface area contributed by atoms with Gasteiger partial charge in [0.05, 0.1) is 31.9 Å². The maximum Gasteiger partial charge on any atom is 0.323 e. The number of nitrogens with zero attached hydrogens (tertiary/aromatic N) is 3. The Morgan fingerprint density at radius 3 is 2.62 bits per heavy atom. The van der Waals surface area contributed by atoms with E-state index < -0.39 is 28.2 Å². The minimum Gasteiger partial charge on any atom is -0.488 e. The number of amides is 3. The lowest BCUT2D eigenvalue weighted by Crippen LogP contribution is -2.48. The van der Waals surface area contributed by atoms with Gasteiger partial charge in [-0.1, -0.05) is 12.1 Å². The number of benzene rings is 1. The van der Waals surface area contributed by atoms with Gasteiger partial charge in [-0.05, 0) is 39.0 Å². The first kappa shape index (κ1) is 28.4. The minimum absolute atomic E-state index is 0.0258. The number of urea groups is 1. The number of hydrogen-bond donors (Lipinski definition) is 3. The van der Waals surface area contributed by atoms with Crippen LogP contribution in [0.3, 0.4) is 0 Å². The third-order valence-corrected chi connectivity index (χ3v) is 7.73. The second-order valence-corrected chi connectivity index (χ2v) is 11.6. The van der Waals surface area contributed by atoms with Crippen LogP contribution in [0.25, 0.3) is 0 Å². The van der Waals surface area contributed by atoms with Gasteiger partial charge in [-0.3, -0.25) is 4.79 Å². The zero-order chi connectivity index (χ0) is 27.5. The fourth-order valence-corrected chi connectivity index (χ4v) is 4.47. The summed E-state index contributed by atoms with van der Waals surface area (Å²) < 4.78 is 36.7. The van der Waals surface area contributed by atoms with Crippen molar-refractivity contribution >= 4 is 33.3 Å². The Labute approximate surface area is 217 Å². The van der Waals surface area contributed by atoms with Crippen LogP contribution in [0.1, 0.15) is 30.9 Å². The summed E-state index contributed by atoms with van der Waals surface area (Å²) >= 11 is 0. The highest BCUT2D eigenvalue weighted by Gasteiger charge is 2.32. The molecule has 1 aromatic carbocycles. The number of anilines is 2. The maximum atomic E-state index is 13.3. The molecule has 37 heavy (non-hydrogen) atoms. The topological polar surface area (TPSA) is 154 Å². The fourth-order valence-electron chi connectivity index (χ4n) is 4.05. The van der Waals surface area contributed by atoms with E-state index in [1.807, 2.05) is 6.92 Å². The van der Waals surface area contributed by atoms with Crippen LogP contribution in [-0.2, 0) is 21.2 Å². The first-order valence-electron chi connectivity index (χ1n) is 11.9. The van der Waals surface area contributed by atoms with Gasteiger partial charge in [0.25, 0.3) is 0 Å². The van der Waals surface area contributed by atoms with Gasteiger partial charge in [-0.2, -0.15) is 0 Å². The maximum absolute atomic E-state index is 13.3. The molecule has 1 aromatic heterocycles. The largest absolute Gasteiger partial charge is 0.488 e. The molecule has 0 saturated heterocycles. The van der Waals surface area contributed by atoms with E-state index in [4.69, 9.17) is 9.26 Å². The quantitative estimate of drug-likeness (QED) is 0.484.